The minimum Gasteiger partial charge on any atom is -0.340 e. The monoisotopic (exact) mass is 239 g/mol. The van der Waals surface area contributed by atoms with Crippen molar-refractivity contribution >= 4 is 17.2 Å². The van der Waals surface area contributed by atoms with Crippen LogP contribution in [0.1, 0.15) is 11.1 Å². The molecule has 1 aliphatic rings. The lowest BCUT2D eigenvalue weighted by molar-refractivity contribution is 0.934. The number of aryl methyl sites for hydroxylation is 1. The Labute approximate surface area is 108 Å². The largest absolute Gasteiger partial charge is 0.340 e. The maximum absolute atomic E-state index is 4.45. The normalized spacial score (nSPS) is 13.9. The van der Waals surface area contributed by atoms with Crippen molar-refractivity contribution in [1.82, 2.24) is 4.98 Å². The molecule has 1 aromatic carbocycles. The van der Waals surface area contributed by atoms with E-state index in [-0.39, 0.29) is 0 Å². The van der Waals surface area contributed by atoms with Gasteiger partial charge in [-0.05, 0) is 43.2 Å². The predicted octanol–water partition coefficient (Wildman–Crippen LogP) is 3.24. The van der Waals surface area contributed by atoms with Crippen LogP contribution < -0.4 is 9.80 Å². The fraction of sp³-hybridized carbons (Fsp3) is 0.267. The van der Waals surface area contributed by atoms with Crippen LogP contribution in [0.3, 0.4) is 0 Å². The van der Waals surface area contributed by atoms with Crippen LogP contribution in [0, 0.1) is 13.8 Å². The molecule has 0 fully saturated rings. The van der Waals surface area contributed by atoms with Gasteiger partial charge in [0.2, 0.25) is 0 Å². The van der Waals surface area contributed by atoms with Crippen LogP contribution >= 0.6 is 0 Å². The lowest BCUT2D eigenvalue weighted by Crippen LogP contribution is -2.24. The van der Waals surface area contributed by atoms with Gasteiger partial charge in [-0.3, -0.25) is 0 Å². The minimum absolute atomic E-state index is 0.858. The molecule has 92 valence electrons. The van der Waals surface area contributed by atoms with Crippen LogP contribution in [0.4, 0.5) is 17.2 Å². The maximum Gasteiger partial charge on any atom is 0.153 e. The zero-order chi connectivity index (χ0) is 12.7. The zero-order valence-corrected chi connectivity index (χ0v) is 11.0. The molecule has 0 radical (unpaired) electrons. The second kappa shape index (κ2) is 4.02. The lowest BCUT2D eigenvalue weighted by Gasteiger charge is -2.22. The van der Waals surface area contributed by atoms with Crippen LogP contribution in [0.5, 0.6) is 0 Å². The van der Waals surface area contributed by atoms with Crippen LogP contribution in [0.25, 0.3) is 0 Å². The van der Waals surface area contributed by atoms with Crippen molar-refractivity contribution in [1.29, 1.82) is 0 Å². The van der Waals surface area contributed by atoms with Gasteiger partial charge in [0, 0.05) is 18.9 Å². The summed E-state index contributed by atoms with van der Waals surface area (Å²) >= 11 is 0. The molecule has 3 heteroatoms. The van der Waals surface area contributed by atoms with Crippen molar-refractivity contribution in [2.45, 2.75) is 13.8 Å². The molecule has 1 aromatic heterocycles. The maximum atomic E-state index is 4.45. The number of fused-ring (bicyclic) bond motifs is 1. The molecule has 3 rings (SSSR count). The van der Waals surface area contributed by atoms with Crippen LogP contribution in [-0.2, 0) is 0 Å². The first-order chi connectivity index (χ1) is 8.68. The van der Waals surface area contributed by atoms with Gasteiger partial charge >= 0.3 is 0 Å². The van der Waals surface area contributed by atoms with E-state index in [0.29, 0.717) is 0 Å². The Bertz CT molecular complexity index is 592. The highest BCUT2D eigenvalue weighted by atomic mass is 15.4. The average molecular weight is 239 g/mol. The van der Waals surface area contributed by atoms with Gasteiger partial charge in [-0.25, -0.2) is 4.98 Å². The van der Waals surface area contributed by atoms with E-state index < -0.39 is 0 Å². The third kappa shape index (κ3) is 1.55. The van der Waals surface area contributed by atoms with Crippen molar-refractivity contribution in [3.05, 3.63) is 47.7 Å². The van der Waals surface area contributed by atoms with Crippen molar-refractivity contribution in [2.24, 2.45) is 0 Å². The van der Waals surface area contributed by atoms with Gasteiger partial charge in [0.1, 0.15) is 0 Å². The Hall–Kier alpha value is -2.03. The molecule has 0 saturated heterocycles. The number of aromatic nitrogens is 1. The molecule has 0 unspecified atom stereocenters. The highest BCUT2D eigenvalue weighted by molar-refractivity contribution is 5.80. The second-order valence-corrected chi connectivity index (χ2v) is 4.83. The van der Waals surface area contributed by atoms with Gasteiger partial charge in [0.25, 0.3) is 0 Å². The number of hydrogen-bond donors (Lipinski definition) is 0. The zero-order valence-electron chi connectivity index (χ0n) is 11.0. The van der Waals surface area contributed by atoms with Crippen molar-refractivity contribution in [3.63, 3.8) is 0 Å². The molecule has 2 aromatic rings. The summed E-state index contributed by atoms with van der Waals surface area (Å²) in [5.74, 6) is 1.05. The van der Waals surface area contributed by atoms with Crippen LogP contribution in [0.2, 0.25) is 0 Å². The summed E-state index contributed by atoms with van der Waals surface area (Å²) in [4.78, 5) is 8.95. The first-order valence-corrected chi connectivity index (χ1v) is 6.18. The van der Waals surface area contributed by atoms with E-state index >= 15 is 0 Å². The fourth-order valence-corrected chi connectivity index (χ4v) is 2.48. The SMILES string of the molecule is Cc1cccc(N2CN(C)c3ncccc32)c1C. The number of benzene rings is 1. The molecule has 0 N–H and O–H groups in total. The molecule has 0 amide bonds. The molecule has 0 saturated carbocycles. The molecule has 0 aliphatic carbocycles. The molecule has 0 bridgehead atoms. The quantitative estimate of drug-likeness (QED) is 0.761. The Morgan fingerprint density at radius 2 is 1.83 bits per heavy atom. The molecule has 0 atom stereocenters. The third-order valence-electron chi connectivity index (χ3n) is 3.64. The van der Waals surface area contributed by atoms with Gasteiger partial charge in [-0.2, -0.15) is 0 Å². The molecule has 1 aliphatic heterocycles. The van der Waals surface area contributed by atoms with Crippen molar-refractivity contribution in [2.75, 3.05) is 23.5 Å². The second-order valence-electron chi connectivity index (χ2n) is 4.83. The topological polar surface area (TPSA) is 19.4 Å². The van der Waals surface area contributed by atoms with E-state index in [1.807, 2.05) is 12.3 Å². The standard InChI is InChI=1S/C15H17N3/c1-11-6-4-7-13(12(11)2)18-10-17(3)15-14(18)8-5-9-16-15/h4-9H,10H2,1-3H3. The number of pyridine rings is 1. The summed E-state index contributed by atoms with van der Waals surface area (Å²) in [6, 6.07) is 10.6. The van der Waals surface area contributed by atoms with Crippen molar-refractivity contribution < 1.29 is 0 Å². The van der Waals surface area contributed by atoms with E-state index in [1.54, 1.807) is 0 Å². The summed E-state index contributed by atoms with van der Waals surface area (Å²) in [6.07, 6.45) is 1.85. The smallest absolute Gasteiger partial charge is 0.153 e. The van der Waals surface area contributed by atoms with Gasteiger partial charge in [0.05, 0.1) is 12.4 Å². The van der Waals surface area contributed by atoms with Crippen molar-refractivity contribution in [3.8, 4) is 0 Å². The average Bonchev–Trinajstić information content (AvgIpc) is 2.71. The summed E-state index contributed by atoms with van der Waals surface area (Å²) in [7, 11) is 2.08. The van der Waals surface area contributed by atoms with E-state index in [4.69, 9.17) is 0 Å². The Balaban J connectivity index is 2.12. The predicted molar refractivity (Wildman–Crippen MR) is 75.6 cm³/mol. The Morgan fingerprint density at radius 1 is 1.06 bits per heavy atom. The van der Waals surface area contributed by atoms with Gasteiger partial charge in [-0.15, -0.1) is 0 Å². The number of rotatable bonds is 1. The van der Waals surface area contributed by atoms with Gasteiger partial charge in [0.15, 0.2) is 5.82 Å². The Morgan fingerprint density at radius 3 is 2.67 bits per heavy atom. The minimum atomic E-state index is 0.858. The summed E-state index contributed by atoms with van der Waals surface area (Å²) in [5, 5.41) is 0. The molecule has 0 spiro atoms. The first kappa shape index (κ1) is 11.1. The van der Waals surface area contributed by atoms with E-state index in [1.165, 1.54) is 22.5 Å². The van der Waals surface area contributed by atoms with Crippen LogP contribution in [-0.4, -0.2) is 18.7 Å². The highest BCUT2D eigenvalue weighted by Crippen LogP contribution is 2.39. The molecular weight excluding hydrogens is 222 g/mol. The van der Waals surface area contributed by atoms with E-state index in [9.17, 15) is 0 Å². The van der Waals surface area contributed by atoms with E-state index in [0.717, 1.165) is 12.5 Å². The van der Waals surface area contributed by atoms with Crippen LogP contribution in [0.15, 0.2) is 36.5 Å². The molecule has 3 nitrogen and oxygen atoms in total. The van der Waals surface area contributed by atoms with E-state index in [2.05, 4.69) is 59.9 Å². The lowest BCUT2D eigenvalue weighted by atomic mass is 10.1. The summed E-state index contributed by atoms with van der Waals surface area (Å²) in [5.41, 5.74) is 5.12. The highest BCUT2D eigenvalue weighted by Gasteiger charge is 2.26. The Kier molecular flexibility index (Phi) is 2.47. The number of anilines is 3. The first-order valence-electron chi connectivity index (χ1n) is 6.18. The molecular formula is C15H17N3. The third-order valence-corrected chi connectivity index (χ3v) is 3.64. The summed E-state index contributed by atoms with van der Waals surface area (Å²) < 4.78 is 0. The molecule has 18 heavy (non-hydrogen) atoms. The van der Waals surface area contributed by atoms with Gasteiger partial charge in [-0.1, -0.05) is 12.1 Å². The number of nitrogens with zero attached hydrogens (tertiary/aromatic N) is 3. The molecule has 2 heterocycles. The summed E-state index contributed by atoms with van der Waals surface area (Å²) in [6.45, 7) is 5.19. The fourth-order valence-electron chi connectivity index (χ4n) is 2.48. The number of hydrogen-bond acceptors (Lipinski definition) is 3. The van der Waals surface area contributed by atoms with Gasteiger partial charge < -0.3 is 9.80 Å².